The molecule has 0 radical (unpaired) electrons. The first kappa shape index (κ1) is 27.0. The average molecular weight is 462 g/mol. The van der Waals surface area contributed by atoms with Crippen LogP contribution in [0.4, 0.5) is 0 Å². The molecule has 1 heterocycles. The average Bonchev–Trinajstić information content (AvgIpc) is 3.06. The predicted octanol–water partition coefficient (Wildman–Crippen LogP) is 8.26. The van der Waals surface area contributed by atoms with Crippen LogP contribution in [-0.4, -0.2) is 15.0 Å². The van der Waals surface area contributed by atoms with Crippen molar-refractivity contribution in [2.24, 2.45) is 5.92 Å². The Morgan fingerprint density at radius 3 is 1.78 bits per heavy atom. The fourth-order valence-corrected chi connectivity index (χ4v) is 6.14. The minimum absolute atomic E-state index is 0.443. The molecule has 1 unspecified atom stereocenters. The maximum atomic E-state index is 12.4. The summed E-state index contributed by atoms with van der Waals surface area (Å²) in [5.41, 5.74) is 1.61. The Kier molecular flexibility index (Phi) is 13.1. The molecule has 0 spiro atoms. The molecule has 0 fully saturated rings. The molecule has 1 aromatic rings. The van der Waals surface area contributed by atoms with Gasteiger partial charge in [-0.2, -0.15) is 0 Å². The topological polar surface area (TPSA) is 46.2 Å². The van der Waals surface area contributed by atoms with Crippen molar-refractivity contribution in [3.05, 3.63) is 35.2 Å². The number of hydrogen-bond donors (Lipinski definition) is 1. The summed E-state index contributed by atoms with van der Waals surface area (Å²) in [6.07, 6.45) is 21.3. The zero-order valence-electron chi connectivity index (χ0n) is 20.7. The predicted molar refractivity (Wildman–Crippen MR) is 138 cm³/mol. The van der Waals surface area contributed by atoms with Gasteiger partial charge in [-0.25, -0.2) is 8.42 Å². The first-order valence-corrected chi connectivity index (χ1v) is 14.9. The summed E-state index contributed by atoms with van der Waals surface area (Å²) in [5.74, 6) is 0.623. The summed E-state index contributed by atoms with van der Waals surface area (Å²) in [6, 6.07) is 7.35. The number of hydrogen-bond acceptors (Lipinski definition) is 3. The third-order valence-electron chi connectivity index (χ3n) is 6.77. The van der Waals surface area contributed by atoms with Crippen molar-refractivity contribution in [3.8, 4) is 0 Å². The van der Waals surface area contributed by atoms with Gasteiger partial charge in [0, 0.05) is 12.1 Å². The van der Waals surface area contributed by atoms with Crippen LogP contribution in [0.3, 0.4) is 0 Å². The van der Waals surface area contributed by atoms with E-state index in [0.717, 1.165) is 17.8 Å². The van der Waals surface area contributed by atoms with Gasteiger partial charge in [-0.3, -0.25) is 0 Å². The number of unbranched alkanes of at least 4 members (excludes halogenated alkanes) is 12. The van der Waals surface area contributed by atoms with Crippen molar-refractivity contribution in [1.82, 2.24) is 5.32 Å². The van der Waals surface area contributed by atoms with Crippen LogP contribution < -0.4 is 5.32 Å². The molecule has 0 bridgehead atoms. The highest BCUT2D eigenvalue weighted by Crippen LogP contribution is 2.31. The molecular formula is C28H47NO2S. The van der Waals surface area contributed by atoms with Crippen molar-refractivity contribution < 1.29 is 8.42 Å². The van der Waals surface area contributed by atoms with E-state index < -0.39 is 9.84 Å². The first-order valence-electron chi connectivity index (χ1n) is 13.4. The maximum Gasteiger partial charge on any atom is 0.202 e. The molecule has 0 saturated carbocycles. The molecular weight excluding hydrogens is 414 g/mol. The monoisotopic (exact) mass is 461 g/mol. The lowest BCUT2D eigenvalue weighted by atomic mass is 9.93. The lowest BCUT2D eigenvalue weighted by Crippen LogP contribution is -2.21. The lowest BCUT2D eigenvalue weighted by molar-refractivity contribution is 0.397. The quantitative estimate of drug-likeness (QED) is 0.211. The molecule has 1 aliphatic rings. The van der Waals surface area contributed by atoms with Crippen molar-refractivity contribution in [2.45, 2.75) is 121 Å². The molecule has 32 heavy (non-hydrogen) atoms. The van der Waals surface area contributed by atoms with Crippen molar-refractivity contribution >= 4 is 15.5 Å². The van der Waals surface area contributed by atoms with Crippen molar-refractivity contribution in [1.29, 1.82) is 0 Å². The summed E-state index contributed by atoms with van der Waals surface area (Å²) < 4.78 is 24.9. The number of nitrogens with one attached hydrogen (secondary N) is 1. The minimum atomic E-state index is -3.29. The van der Waals surface area contributed by atoms with Gasteiger partial charge in [-0.05, 0) is 24.8 Å². The molecule has 1 aliphatic heterocycles. The van der Waals surface area contributed by atoms with Crippen LogP contribution in [0.2, 0.25) is 0 Å². The van der Waals surface area contributed by atoms with E-state index in [9.17, 15) is 8.42 Å². The highest BCUT2D eigenvalue weighted by atomic mass is 32.2. The Bertz CT molecular complexity index is 769. The zero-order chi connectivity index (χ0) is 23.1. The second-order valence-corrected chi connectivity index (χ2v) is 11.4. The molecule has 3 nitrogen and oxygen atoms in total. The van der Waals surface area contributed by atoms with Crippen LogP contribution in [-0.2, 0) is 9.84 Å². The van der Waals surface area contributed by atoms with Gasteiger partial charge in [0.15, 0.2) is 0 Å². The molecule has 1 atom stereocenters. The van der Waals surface area contributed by atoms with E-state index in [4.69, 9.17) is 0 Å². The third kappa shape index (κ3) is 9.68. The van der Waals surface area contributed by atoms with E-state index in [0.29, 0.717) is 10.8 Å². The summed E-state index contributed by atoms with van der Waals surface area (Å²) in [7, 11) is -3.29. The van der Waals surface area contributed by atoms with Gasteiger partial charge in [-0.15, -0.1) is 0 Å². The molecule has 1 N–H and O–H groups in total. The van der Waals surface area contributed by atoms with Gasteiger partial charge < -0.3 is 5.32 Å². The molecule has 2 rings (SSSR count). The minimum Gasteiger partial charge on any atom is -0.384 e. The summed E-state index contributed by atoms with van der Waals surface area (Å²) in [6.45, 7) is 5.41. The van der Waals surface area contributed by atoms with E-state index in [1.165, 1.54) is 108 Å². The smallest absolute Gasteiger partial charge is 0.202 e. The molecule has 0 aliphatic carbocycles. The van der Waals surface area contributed by atoms with Crippen LogP contribution in [0.25, 0.3) is 5.70 Å². The number of rotatable bonds is 19. The molecule has 0 aromatic heterocycles. The molecule has 0 amide bonds. The molecule has 4 heteroatoms. The van der Waals surface area contributed by atoms with E-state index in [1.807, 2.05) is 12.1 Å². The summed E-state index contributed by atoms with van der Waals surface area (Å²) >= 11 is 0. The van der Waals surface area contributed by atoms with E-state index in [2.05, 4.69) is 19.2 Å². The number of fused-ring (bicyclic) bond motifs is 1. The van der Waals surface area contributed by atoms with Gasteiger partial charge in [0.25, 0.3) is 0 Å². The second kappa shape index (κ2) is 15.5. The fourth-order valence-electron chi connectivity index (χ4n) is 4.74. The highest BCUT2D eigenvalue weighted by molar-refractivity contribution is 7.95. The Morgan fingerprint density at radius 2 is 1.22 bits per heavy atom. The van der Waals surface area contributed by atoms with Crippen LogP contribution in [0, 0.1) is 5.92 Å². The van der Waals surface area contributed by atoms with Crippen molar-refractivity contribution in [3.63, 3.8) is 0 Å². The Morgan fingerprint density at radius 1 is 0.719 bits per heavy atom. The largest absolute Gasteiger partial charge is 0.384 e. The lowest BCUT2D eigenvalue weighted by Gasteiger charge is -2.19. The van der Waals surface area contributed by atoms with Crippen molar-refractivity contribution in [2.75, 3.05) is 6.54 Å². The summed E-state index contributed by atoms with van der Waals surface area (Å²) in [4.78, 5) is 0.443. The normalized spacial score (nSPS) is 15.4. The van der Waals surface area contributed by atoms with Crippen LogP contribution in [0.5, 0.6) is 0 Å². The van der Waals surface area contributed by atoms with E-state index in [1.54, 1.807) is 12.1 Å². The third-order valence-corrected chi connectivity index (χ3v) is 8.28. The van der Waals surface area contributed by atoms with Gasteiger partial charge in [0.2, 0.25) is 9.84 Å². The molecule has 1 aromatic carbocycles. The highest BCUT2D eigenvalue weighted by Gasteiger charge is 2.26. The summed E-state index contributed by atoms with van der Waals surface area (Å²) in [5, 5.41) is 4.94. The van der Waals surface area contributed by atoms with Gasteiger partial charge in [-0.1, -0.05) is 122 Å². The number of sulfone groups is 1. The van der Waals surface area contributed by atoms with Gasteiger partial charge in [0.05, 0.1) is 16.0 Å². The Balaban J connectivity index is 1.79. The first-order chi connectivity index (χ1) is 15.6. The second-order valence-electron chi connectivity index (χ2n) is 9.64. The van der Waals surface area contributed by atoms with Gasteiger partial charge in [0.1, 0.15) is 0 Å². The zero-order valence-corrected chi connectivity index (χ0v) is 21.5. The van der Waals surface area contributed by atoms with E-state index >= 15 is 0 Å². The fraction of sp³-hybridized carbons (Fsp3) is 0.714. The molecule has 182 valence electrons. The standard InChI is InChI=1S/C28H47NO2S/c1-3-5-7-9-11-12-14-16-20-25(19-15-13-10-8-6-4-2)23-29-27-24-32(30,31)28-22-18-17-21-26(27)28/h17-18,21-22,24-25,29H,3-16,19-20,23H2,1-2H3. The van der Waals surface area contributed by atoms with E-state index in [-0.39, 0.29) is 0 Å². The van der Waals surface area contributed by atoms with Gasteiger partial charge >= 0.3 is 0 Å². The number of benzene rings is 1. The SMILES string of the molecule is CCCCCCCCCCC(CCCCCCCC)CNC1=CS(=O)(=O)c2ccccc21. The van der Waals surface area contributed by atoms with Crippen LogP contribution in [0.15, 0.2) is 34.6 Å². The maximum absolute atomic E-state index is 12.4. The van der Waals surface area contributed by atoms with Crippen LogP contribution >= 0.6 is 0 Å². The van der Waals surface area contributed by atoms with Crippen LogP contribution in [0.1, 0.15) is 122 Å². The molecule has 0 saturated heterocycles. The Hall–Kier alpha value is -1.29. The Labute approximate surface area is 198 Å².